The van der Waals surface area contributed by atoms with Crippen LogP contribution in [0.3, 0.4) is 0 Å². The summed E-state index contributed by atoms with van der Waals surface area (Å²) < 4.78 is 2.56. The lowest BCUT2D eigenvalue weighted by Crippen LogP contribution is -2.13. The summed E-state index contributed by atoms with van der Waals surface area (Å²) in [5, 5.41) is 3.86. The Kier molecular flexibility index (Phi) is 4.84. The minimum atomic E-state index is 0.286. The monoisotopic (exact) mass is 267 g/mol. The van der Waals surface area contributed by atoms with Crippen LogP contribution in [0.15, 0.2) is 6.33 Å². The minimum Gasteiger partial charge on any atom is -0.383 e. The van der Waals surface area contributed by atoms with Crippen molar-refractivity contribution >= 4 is 29.1 Å². The maximum absolute atomic E-state index is 5.80. The van der Waals surface area contributed by atoms with Gasteiger partial charge in [0, 0.05) is 0 Å². The molecule has 0 spiro atoms. The fourth-order valence-electron chi connectivity index (χ4n) is 1.60. The molecule has 0 amide bonds. The van der Waals surface area contributed by atoms with E-state index in [1.807, 2.05) is 18.5 Å². The fraction of sp³-hybridized carbons (Fsp3) is 0.583. The largest absolute Gasteiger partial charge is 0.383 e. The van der Waals surface area contributed by atoms with E-state index in [4.69, 9.17) is 18.0 Å². The van der Waals surface area contributed by atoms with Crippen LogP contribution in [0.4, 0.5) is 5.82 Å². The number of aromatic amines is 1. The molecule has 0 saturated heterocycles. The van der Waals surface area contributed by atoms with E-state index in [-0.39, 0.29) is 6.04 Å². The number of fused-ring (bicyclic) bond motifs is 1. The van der Waals surface area contributed by atoms with E-state index in [1.54, 1.807) is 0 Å². The molecule has 2 rings (SSSR count). The van der Waals surface area contributed by atoms with Gasteiger partial charge in [-0.3, -0.25) is 9.78 Å². The maximum Gasteiger partial charge on any atom is 0.163 e. The molecule has 2 heterocycles. The van der Waals surface area contributed by atoms with Crippen LogP contribution < -0.4 is 5.73 Å². The van der Waals surface area contributed by atoms with Crippen LogP contribution >= 0.6 is 12.2 Å². The summed E-state index contributed by atoms with van der Waals surface area (Å²) in [5.41, 5.74) is 6.57. The Morgan fingerprint density at radius 1 is 1.28 bits per heavy atom. The van der Waals surface area contributed by atoms with Crippen LogP contribution in [-0.4, -0.2) is 19.7 Å². The number of nitrogens with two attached hydrogens (primary N) is 1. The summed E-state index contributed by atoms with van der Waals surface area (Å²) in [6.07, 6.45) is 1.46. The molecule has 3 N–H and O–H groups in total. The average molecular weight is 267 g/mol. The third kappa shape index (κ3) is 2.53. The molecular formula is C12H21N5S. The van der Waals surface area contributed by atoms with Crippen molar-refractivity contribution in [2.75, 3.05) is 5.73 Å². The Labute approximate surface area is 112 Å². The van der Waals surface area contributed by atoms with Crippen molar-refractivity contribution in [2.24, 2.45) is 5.92 Å². The lowest BCUT2D eigenvalue weighted by atomic mass is 10.1. The van der Waals surface area contributed by atoms with Crippen molar-refractivity contribution in [3.05, 3.63) is 11.0 Å². The minimum absolute atomic E-state index is 0.286. The molecular weight excluding hydrogens is 246 g/mol. The number of nitrogens with one attached hydrogen (secondary N) is 1. The number of rotatable bonds is 2. The van der Waals surface area contributed by atoms with Crippen molar-refractivity contribution in [1.82, 2.24) is 19.7 Å². The summed E-state index contributed by atoms with van der Waals surface area (Å²) in [7, 11) is 0. The predicted octanol–water partition coefficient (Wildman–Crippen LogP) is 3.31. The van der Waals surface area contributed by atoms with E-state index >= 15 is 0 Å². The Morgan fingerprint density at radius 2 is 1.89 bits per heavy atom. The first-order chi connectivity index (χ1) is 8.52. The summed E-state index contributed by atoms with van der Waals surface area (Å²) in [5.74, 6) is 0.915. The number of nitrogens with zero attached hydrogens (tertiary/aromatic N) is 3. The standard InChI is InChI=1S/C10H15N5S.C2H6/c1-5(2)6(3)15-9-7(10(16)14-15)8(11)12-4-13-9;1-2/h4-6H,1-3H3,(H,14,16)(H2,11,12,13);1-2H3. The molecule has 0 aromatic carbocycles. The second kappa shape index (κ2) is 5.95. The first-order valence-corrected chi connectivity index (χ1v) is 6.64. The highest BCUT2D eigenvalue weighted by Gasteiger charge is 2.16. The number of nitrogen functional groups attached to an aromatic ring is 1. The summed E-state index contributed by atoms with van der Waals surface area (Å²) in [6.45, 7) is 10.4. The quantitative estimate of drug-likeness (QED) is 0.819. The van der Waals surface area contributed by atoms with Crippen molar-refractivity contribution in [3.8, 4) is 0 Å². The van der Waals surface area contributed by atoms with Gasteiger partial charge in [-0.05, 0) is 12.8 Å². The maximum atomic E-state index is 5.80. The molecule has 0 fully saturated rings. The average Bonchev–Trinajstić information content (AvgIpc) is 2.69. The molecule has 0 aliphatic carbocycles. The molecule has 0 saturated carbocycles. The predicted molar refractivity (Wildman–Crippen MR) is 78.0 cm³/mol. The number of anilines is 1. The van der Waals surface area contributed by atoms with Gasteiger partial charge in [-0.1, -0.05) is 39.9 Å². The first-order valence-electron chi connectivity index (χ1n) is 6.23. The molecule has 18 heavy (non-hydrogen) atoms. The molecule has 6 heteroatoms. The molecule has 100 valence electrons. The lowest BCUT2D eigenvalue weighted by Gasteiger charge is -2.17. The van der Waals surface area contributed by atoms with Gasteiger partial charge in [-0.25, -0.2) is 9.97 Å². The number of hydrogen-bond acceptors (Lipinski definition) is 4. The topological polar surface area (TPSA) is 72.5 Å². The zero-order chi connectivity index (χ0) is 13.9. The Balaban J connectivity index is 0.000000771. The highest BCUT2D eigenvalue weighted by Crippen LogP contribution is 2.24. The van der Waals surface area contributed by atoms with Crippen LogP contribution in [0, 0.1) is 10.6 Å². The van der Waals surface area contributed by atoms with E-state index in [1.165, 1.54) is 6.33 Å². The van der Waals surface area contributed by atoms with Crippen LogP contribution in [0.2, 0.25) is 0 Å². The molecule has 2 aromatic heterocycles. The van der Waals surface area contributed by atoms with E-state index in [0.29, 0.717) is 16.4 Å². The Morgan fingerprint density at radius 3 is 2.44 bits per heavy atom. The van der Waals surface area contributed by atoms with Gasteiger partial charge in [-0.2, -0.15) is 0 Å². The van der Waals surface area contributed by atoms with E-state index in [9.17, 15) is 0 Å². The van der Waals surface area contributed by atoms with Gasteiger partial charge in [0.15, 0.2) is 5.65 Å². The second-order valence-corrected chi connectivity index (χ2v) is 4.66. The molecule has 0 bridgehead atoms. The molecule has 0 radical (unpaired) electrons. The van der Waals surface area contributed by atoms with Crippen LogP contribution in [-0.2, 0) is 0 Å². The van der Waals surface area contributed by atoms with Crippen molar-refractivity contribution in [3.63, 3.8) is 0 Å². The third-order valence-corrected chi connectivity index (χ3v) is 3.20. The lowest BCUT2D eigenvalue weighted by molar-refractivity contribution is 0.383. The van der Waals surface area contributed by atoms with Crippen molar-refractivity contribution in [2.45, 2.75) is 40.7 Å². The zero-order valence-electron chi connectivity index (χ0n) is 11.6. The molecule has 2 aromatic rings. The van der Waals surface area contributed by atoms with Gasteiger partial charge in [0.2, 0.25) is 0 Å². The van der Waals surface area contributed by atoms with Crippen LogP contribution in [0.25, 0.3) is 11.0 Å². The molecule has 1 atom stereocenters. The van der Waals surface area contributed by atoms with E-state index in [2.05, 4.69) is 35.8 Å². The summed E-state index contributed by atoms with van der Waals surface area (Å²) >= 11 is 5.23. The number of hydrogen-bond donors (Lipinski definition) is 2. The smallest absolute Gasteiger partial charge is 0.163 e. The van der Waals surface area contributed by atoms with Gasteiger partial charge >= 0.3 is 0 Å². The molecule has 1 unspecified atom stereocenters. The zero-order valence-corrected chi connectivity index (χ0v) is 12.4. The second-order valence-electron chi connectivity index (χ2n) is 4.25. The van der Waals surface area contributed by atoms with E-state index < -0.39 is 0 Å². The molecule has 5 nitrogen and oxygen atoms in total. The van der Waals surface area contributed by atoms with Crippen LogP contribution in [0.5, 0.6) is 0 Å². The van der Waals surface area contributed by atoms with Crippen LogP contribution in [0.1, 0.15) is 40.7 Å². The normalized spacial score (nSPS) is 12.3. The number of H-pyrrole nitrogens is 1. The van der Waals surface area contributed by atoms with Gasteiger partial charge in [-0.15, -0.1) is 0 Å². The van der Waals surface area contributed by atoms with Crippen molar-refractivity contribution in [1.29, 1.82) is 0 Å². The highest BCUT2D eigenvalue weighted by atomic mass is 32.1. The Bertz CT molecular complexity index is 569. The summed E-state index contributed by atoms with van der Waals surface area (Å²) in [4.78, 5) is 8.19. The molecule has 0 aliphatic heterocycles. The van der Waals surface area contributed by atoms with Crippen molar-refractivity contribution < 1.29 is 0 Å². The third-order valence-electron chi connectivity index (χ3n) is 2.91. The SMILES string of the molecule is CC.CC(C)C(C)n1[nH]c(=S)c2c(N)ncnc21. The summed E-state index contributed by atoms with van der Waals surface area (Å²) in [6, 6.07) is 0.286. The van der Waals surface area contributed by atoms with E-state index in [0.717, 1.165) is 11.0 Å². The Hall–Kier alpha value is -1.43. The highest BCUT2D eigenvalue weighted by molar-refractivity contribution is 7.71. The first kappa shape index (κ1) is 14.6. The van der Waals surface area contributed by atoms with Gasteiger partial charge in [0.05, 0.1) is 11.4 Å². The molecule has 0 aliphatic rings. The van der Waals surface area contributed by atoms with Gasteiger partial charge in [0.1, 0.15) is 16.8 Å². The number of aromatic nitrogens is 4. The van der Waals surface area contributed by atoms with Gasteiger partial charge in [0.25, 0.3) is 0 Å². The van der Waals surface area contributed by atoms with Gasteiger partial charge < -0.3 is 5.73 Å². The fourth-order valence-corrected chi connectivity index (χ4v) is 1.90.